The van der Waals surface area contributed by atoms with Crippen molar-refractivity contribution in [1.82, 2.24) is 5.32 Å². The highest BCUT2D eigenvalue weighted by Crippen LogP contribution is 2.47. The molecule has 6 heteroatoms. The largest absolute Gasteiger partial charge is 0.504 e. The summed E-state index contributed by atoms with van der Waals surface area (Å²) in [7, 11) is 4.93. The number of rotatable bonds is 5. The van der Waals surface area contributed by atoms with Crippen LogP contribution in [0.1, 0.15) is 16.7 Å². The van der Waals surface area contributed by atoms with E-state index in [4.69, 9.17) is 14.2 Å². The maximum absolute atomic E-state index is 10.5. The fraction of sp³-hybridized carbons (Fsp3) is 0.368. The Morgan fingerprint density at radius 3 is 2.56 bits per heavy atom. The summed E-state index contributed by atoms with van der Waals surface area (Å²) in [4.78, 5) is 0. The smallest absolute Gasteiger partial charge is 0.168 e. The Morgan fingerprint density at radius 1 is 1.08 bits per heavy atom. The minimum atomic E-state index is 0.0582. The first-order chi connectivity index (χ1) is 12.1. The van der Waals surface area contributed by atoms with Crippen LogP contribution in [0.25, 0.3) is 11.1 Å². The Morgan fingerprint density at radius 2 is 1.88 bits per heavy atom. The summed E-state index contributed by atoms with van der Waals surface area (Å²) in [6.07, 6.45) is 0.754. The first-order valence-electron chi connectivity index (χ1n) is 8.15. The van der Waals surface area contributed by atoms with Crippen molar-refractivity contribution in [2.24, 2.45) is 0 Å². The third-order valence-corrected chi connectivity index (χ3v) is 4.49. The Hall–Kier alpha value is -2.44. The van der Waals surface area contributed by atoms with Gasteiger partial charge in [0.25, 0.3) is 0 Å². The van der Waals surface area contributed by atoms with Crippen LogP contribution in [0.15, 0.2) is 18.2 Å². The molecule has 0 amide bonds. The summed E-state index contributed by atoms with van der Waals surface area (Å²) in [6.45, 7) is 1.55. The van der Waals surface area contributed by atoms with Gasteiger partial charge in [-0.1, -0.05) is 0 Å². The minimum Gasteiger partial charge on any atom is -0.504 e. The predicted molar refractivity (Wildman–Crippen MR) is 94.4 cm³/mol. The van der Waals surface area contributed by atoms with Crippen molar-refractivity contribution in [3.05, 3.63) is 34.9 Å². The number of ether oxygens (including phenoxy) is 3. The van der Waals surface area contributed by atoms with Gasteiger partial charge >= 0.3 is 0 Å². The number of phenols is 2. The fourth-order valence-electron chi connectivity index (χ4n) is 3.27. The third-order valence-electron chi connectivity index (χ3n) is 4.49. The second-order valence-corrected chi connectivity index (χ2v) is 5.97. The zero-order valence-corrected chi connectivity index (χ0v) is 14.7. The molecule has 1 heterocycles. The molecule has 0 radical (unpaired) electrons. The van der Waals surface area contributed by atoms with E-state index in [1.165, 1.54) is 14.2 Å². The maximum atomic E-state index is 10.5. The van der Waals surface area contributed by atoms with Crippen molar-refractivity contribution in [2.75, 3.05) is 27.8 Å². The van der Waals surface area contributed by atoms with Gasteiger partial charge in [-0.05, 0) is 60.5 Å². The second-order valence-electron chi connectivity index (χ2n) is 5.97. The van der Waals surface area contributed by atoms with E-state index in [1.807, 2.05) is 7.05 Å². The van der Waals surface area contributed by atoms with E-state index in [-0.39, 0.29) is 11.5 Å². The maximum Gasteiger partial charge on any atom is 0.168 e. The molecule has 3 N–H and O–H groups in total. The molecule has 6 nitrogen and oxygen atoms in total. The summed E-state index contributed by atoms with van der Waals surface area (Å²) < 4.78 is 16.6. The van der Waals surface area contributed by atoms with Crippen LogP contribution in [0.5, 0.6) is 23.0 Å². The number of aromatic hydroxyl groups is 2. The summed E-state index contributed by atoms with van der Waals surface area (Å²) in [5.74, 6) is 0.923. The third kappa shape index (κ3) is 3.10. The average Bonchev–Trinajstić information content (AvgIpc) is 2.78. The van der Waals surface area contributed by atoms with Crippen molar-refractivity contribution in [3.8, 4) is 34.1 Å². The monoisotopic (exact) mass is 345 g/mol. The topological polar surface area (TPSA) is 80.2 Å². The summed E-state index contributed by atoms with van der Waals surface area (Å²) in [6, 6.07) is 5.14. The molecular weight excluding hydrogens is 322 g/mol. The van der Waals surface area contributed by atoms with Crippen molar-refractivity contribution < 1.29 is 24.4 Å². The van der Waals surface area contributed by atoms with E-state index in [2.05, 4.69) is 5.32 Å². The molecule has 0 fully saturated rings. The van der Waals surface area contributed by atoms with Gasteiger partial charge < -0.3 is 29.7 Å². The molecule has 0 saturated carbocycles. The second kappa shape index (κ2) is 7.21. The summed E-state index contributed by atoms with van der Waals surface area (Å²) >= 11 is 0. The highest BCUT2D eigenvalue weighted by Gasteiger charge is 2.25. The van der Waals surface area contributed by atoms with Crippen LogP contribution < -0.4 is 14.8 Å². The molecule has 0 unspecified atom stereocenters. The molecule has 1 aliphatic rings. The number of nitrogens with one attached hydrogen (secondary N) is 1. The number of phenolic OH excluding ortho intramolecular Hbond substituents is 2. The number of fused-ring (bicyclic) bond motifs is 3. The summed E-state index contributed by atoms with van der Waals surface area (Å²) in [5.41, 5.74) is 4.43. The summed E-state index contributed by atoms with van der Waals surface area (Å²) in [5, 5.41) is 23.7. The molecule has 1 aliphatic heterocycles. The van der Waals surface area contributed by atoms with E-state index >= 15 is 0 Å². The molecule has 0 aromatic heterocycles. The van der Waals surface area contributed by atoms with Crippen LogP contribution in [0.4, 0.5) is 0 Å². The van der Waals surface area contributed by atoms with Crippen molar-refractivity contribution in [2.45, 2.75) is 19.6 Å². The molecule has 0 aliphatic carbocycles. The van der Waals surface area contributed by atoms with E-state index in [9.17, 15) is 10.2 Å². The van der Waals surface area contributed by atoms with E-state index in [0.717, 1.165) is 40.8 Å². The lowest BCUT2D eigenvalue weighted by Gasteiger charge is -2.19. The van der Waals surface area contributed by atoms with E-state index in [0.29, 0.717) is 24.7 Å². The molecule has 0 saturated heterocycles. The van der Waals surface area contributed by atoms with Crippen LogP contribution in [-0.2, 0) is 24.4 Å². The first-order valence-corrected chi connectivity index (χ1v) is 8.15. The number of likely N-dealkylation sites (N-methyl/N-ethyl adjacent to an activating group) is 1. The van der Waals surface area contributed by atoms with Gasteiger partial charge in [0.15, 0.2) is 23.0 Å². The fourth-order valence-corrected chi connectivity index (χ4v) is 3.27. The van der Waals surface area contributed by atoms with Crippen LogP contribution >= 0.6 is 0 Å². The van der Waals surface area contributed by atoms with Crippen molar-refractivity contribution in [3.63, 3.8) is 0 Å². The highest BCUT2D eigenvalue weighted by molar-refractivity contribution is 5.82. The number of hydrogen-bond donors (Lipinski definition) is 3. The van der Waals surface area contributed by atoms with E-state index < -0.39 is 0 Å². The van der Waals surface area contributed by atoms with Crippen molar-refractivity contribution in [1.29, 1.82) is 0 Å². The van der Waals surface area contributed by atoms with Gasteiger partial charge in [-0.15, -0.1) is 0 Å². The minimum absolute atomic E-state index is 0.0582. The van der Waals surface area contributed by atoms with Gasteiger partial charge in [0.1, 0.15) is 0 Å². The lowest BCUT2D eigenvalue weighted by Crippen LogP contribution is -2.12. The van der Waals surface area contributed by atoms with Crippen molar-refractivity contribution >= 4 is 0 Å². The van der Waals surface area contributed by atoms with Gasteiger partial charge in [-0.2, -0.15) is 0 Å². The van der Waals surface area contributed by atoms with Crippen LogP contribution in [-0.4, -0.2) is 38.0 Å². The SMILES string of the molecule is CNCCc1cc(O)c(OC)c2c1COCc1cc(O)c(OC)cc1-2. The lowest BCUT2D eigenvalue weighted by molar-refractivity contribution is 0.109. The molecular formula is C19H23NO5. The zero-order valence-electron chi connectivity index (χ0n) is 14.7. The number of methoxy groups -OCH3 is 2. The molecule has 134 valence electrons. The van der Waals surface area contributed by atoms with Gasteiger partial charge in [-0.3, -0.25) is 0 Å². The van der Waals surface area contributed by atoms with Gasteiger partial charge in [-0.25, -0.2) is 0 Å². The molecule has 25 heavy (non-hydrogen) atoms. The van der Waals surface area contributed by atoms with Gasteiger partial charge in [0.05, 0.1) is 27.4 Å². The van der Waals surface area contributed by atoms with E-state index in [1.54, 1.807) is 18.2 Å². The molecule has 3 rings (SSSR count). The van der Waals surface area contributed by atoms with Crippen LogP contribution in [0.3, 0.4) is 0 Å². The predicted octanol–water partition coefficient (Wildman–Crippen LogP) is 2.57. The Kier molecular flexibility index (Phi) is 5.01. The first kappa shape index (κ1) is 17.4. The average molecular weight is 345 g/mol. The highest BCUT2D eigenvalue weighted by atomic mass is 16.5. The van der Waals surface area contributed by atoms with Crippen LogP contribution in [0.2, 0.25) is 0 Å². The lowest BCUT2D eigenvalue weighted by atomic mass is 9.90. The molecule has 0 atom stereocenters. The Balaban J connectivity index is 2.29. The number of hydrogen-bond acceptors (Lipinski definition) is 6. The Labute approximate surface area is 147 Å². The molecule has 0 bridgehead atoms. The standard InChI is InChI=1S/C19H23NO5/c1-20-5-4-11-6-16(22)19(24-3)18-13-8-17(23-2)15(21)7-12(13)9-25-10-14(11)18/h6-8,20-22H,4-5,9-10H2,1-3H3. The van der Waals surface area contributed by atoms with Gasteiger partial charge in [0.2, 0.25) is 0 Å². The van der Waals surface area contributed by atoms with Gasteiger partial charge in [0, 0.05) is 5.56 Å². The molecule has 2 aromatic rings. The Bertz CT molecular complexity index is 788. The molecule has 0 spiro atoms. The zero-order chi connectivity index (χ0) is 18.0. The van der Waals surface area contributed by atoms with Crippen LogP contribution in [0, 0.1) is 0 Å². The number of benzene rings is 2. The quantitative estimate of drug-likeness (QED) is 0.773. The molecule has 2 aromatic carbocycles. The normalized spacial score (nSPS) is 12.9.